The molecule has 3 aromatic heterocycles. The third kappa shape index (κ3) is 3.66. The molecule has 3 aromatic rings. The highest BCUT2D eigenvalue weighted by Gasteiger charge is 2.33. The highest BCUT2D eigenvalue weighted by atomic mass is 16.5. The van der Waals surface area contributed by atoms with Gasteiger partial charge in [0.1, 0.15) is 5.82 Å². The molecule has 2 aliphatic rings. The normalized spacial score (nSPS) is 25.1. The molecule has 0 unspecified atom stereocenters. The van der Waals surface area contributed by atoms with Crippen molar-refractivity contribution in [3.63, 3.8) is 0 Å². The zero-order valence-corrected chi connectivity index (χ0v) is 17.7. The fourth-order valence-electron chi connectivity index (χ4n) is 4.40. The summed E-state index contributed by atoms with van der Waals surface area (Å²) in [5, 5.41) is 5.63. The van der Waals surface area contributed by atoms with E-state index in [1.807, 2.05) is 19.2 Å². The van der Waals surface area contributed by atoms with E-state index in [1.54, 1.807) is 0 Å². The van der Waals surface area contributed by atoms with Crippen molar-refractivity contribution in [3.8, 4) is 0 Å². The monoisotopic (exact) mass is 391 g/mol. The number of hydrogen-bond donors (Lipinski definition) is 0. The molecular weight excluding hydrogens is 362 g/mol. The van der Waals surface area contributed by atoms with Crippen LogP contribution >= 0.6 is 0 Å². The van der Waals surface area contributed by atoms with Gasteiger partial charge in [0.15, 0.2) is 5.65 Å². The van der Waals surface area contributed by atoms with E-state index in [9.17, 15) is 0 Å². The zero-order chi connectivity index (χ0) is 20.1. The lowest BCUT2D eigenvalue weighted by Crippen LogP contribution is -2.26. The maximum Gasteiger partial charge on any atom is 0.163 e. The van der Waals surface area contributed by atoms with Gasteiger partial charge < -0.3 is 4.74 Å². The Morgan fingerprint density at radius 3 is 2.69 bits per heavy atom. The highest BCUT2D eigenvalue weighted by molar-refractivity contribution is 5.78. The lowest BCUT2D eigenvalue weighted by molar-refractivity contribution is -0.0511. The summed E-state index contributed by atoms with van der Waals surface area (Å²) in [4.78, 5) is 14.6. The van der Waals surface area contributed by atoms with Crippen LogP contribution in [0.15, 0.2) is 24.5 Å². The minimum atomic E-state index is 0.0449. The second kappa shape index (κ2) is 7.17. The number of fused-ring (bicyclic) bond motifs is 1. The number of pyridine rings is 1. The summed E-state index contributed by atoms with van der Waals surface area (Å²) in [6.07, 6.45) is 8.64. The van der Waals surface area contributed by atoms with Gasteiger partial charge in [0.2, 0.25) is 0 Å². The van der Waals surface area contributed by atoms with E-state index in [0.29, 0.717) is 12.0 Å². The second-order valence-corrected chi connectivity index (χ2v) is 9.03. The van der Waals surface area contributed by atoms with Crippen LogP contribution in [0.25, 0.3) is 11.0 Å². The molecule has 152 valence electrons. The van der Waals surface area contributed by atoms with Crippen molar-refractivity contribution in [2.45, 2.75) is 83.5 Å². The lowest BCUT2D eigenvalue weighted by atomic mass is 9.89. The quantitative estimate of drug-likeness (QED) is 0.625. The summed E-state index contributed by atoms with van der Waals surface area (Å²) in [7, 11) is 0. The number of hydrogen-bond acceptors (Lipinski definition) is 5. The van der Waals surface area contributed by atoms with Crippen molar-refractivity contribution in [1.29, 1.82) is 0 Å². The van der Waals surface area contributed by atoms with Gasteiger partial charge in [0, 0.05) is 28.8 Å². The van der Waals surface area contributed by atoms with Crippen LogP contribution in [0.5, 0.6) is 0 Å². The van der Waals surface area contributed by atoms with Crippen LogP contribution in [0.1, 0.15) is 93.2 Å². The predicted molar refractivity (Wildman–Crippen MR) is 112 cm³/mol. The minimum Gasteiger partial charge on any atom is -0.370 e. The van der Waals surface area contributed by atoms with Crippen molar-refractivity contribution < 1.29 is 4.74 Å². The van der Waals surface area contributed by atoms with E-state index >= 15 is 0 Å². The Morgan fingerprint density at radius 2 is 1.93 bits per heavy atom. The molecule has 1 aliphatic heterocycles. The van der Waals surface area contributed by atoms with Crippen LogP contribution < -0.4 is 0 Å². The van der Waals surface area contributed by atoms with Crippen LogP contribution in [-0.2, 0) is 4.74 Å². The Hall–Kier alpha value is -2.34. The average molecular weight is 392 g/mol. The van der Waals surface area contributed by atoms with Gasteiger partial charge in [-0.3, -0.25) is 4.68 Å². The molecule has 1 aliphatic carbocycles. The molecule has 0 N–H and O–H groups in total. The summed E-state index contributed by atoms with van der Waals surface area (Å²) in [5.41, 5.74) is 4.07. The first-order valence-electron chi connectivity index (χ1n) is 10.8. The van der Waals surface area contributed by atoms with Crippen molar-refractivity contribution in [2.24, 2.45) is 0 Å². The van der Waals surface area contributed by atoms with E-state index in [-0.39, 0.29) is 18.1 Å². The molecule has 0 amide bonds. The van der Waals surface area contributed by atoms with Gasteiger partial charge in [-0.1, -0.05) is 13.8 Å². The lowest BCUT2D eigenvalue weighted by Gasteiger charge is -2.33. The average Bonchev–Trinajstić information content (AvgIpc) is 3.42. The minimum absolute atomic E-state index is 0.0449. The highest BCUT2D eigenvalue weighted by Crippen LogP contribution is 2.41. The molecule has 5 rings (SSSR count). The molecule has 2 fully saturated rings. The van der Waals surface area contributed by atoms with Gasteiger partial charge in [-0.25, -0.2) is 15.0 Å². The molecule has 3 atom stereocenters. The summed E-state index contributed by atoms with van der Waals surface area (Å²) in [6.45, 7) is 8.54. The fraction of sp³-hybridized carbons (Fsp3) is 0.565. The van der Waals surface area contributed by atoms with Crippen molar-refractivity contribution >= 4 is 11.0 Å². The van der Waals surface area contributed by atoms with Crippen LogP contribution in [0.3, 0.4) is 0 Å². The van der Waals surface area contributed by atoms with Gasteiger partial charge in [-0.15, -0.1) is 0 Å². The molecule has 0 bridgehead atoms. The van der Waals surface area contributed by atoms with Crippen LogP contribution in [-0.4, -0.2) is 30.8 Å². The topological polar surface area (TPSA) is 65.7 Å². The predicted octanol–water partition coefficient (Wildman–Crippen LogP) is 5.01. The molecule has 4 heterocycles. The summed E-state index contributed by atoms with van der Waals surface area (Å²) in [6, 6.07) is 4.74. The molecule has 0 spiro atoms. The molecular formula is C23H29N5O. The Balaban J connectivity index is 1.49. The maximum absolute atomic E-state index is 6.30. The summed E-state index contributed by atoms with van der Waals surface area (Å²) < 4.78 is 8.40. The fourth-order valence-corrected chi connectivity index (χ4v) is 4.40. The smallest absolute Gasteiger partial charge is 0.163 e. The first-order chi connectivity index (χ1) is 14.0. The Kier molecular flexibility index (Phi) is 4.62. The van der Waals surface area contributed by atoms with Gasteiger partial charge in [-0.05, 0) is 57.6 Å². The summed E-state index contributed by atoms with van der Waals surface area (Å²) in [5.74, 6) is 1.50. The molecule has 29 heavy (non-hydrogen) atoms. The van der Waals surface area contributed by atoms with E-state index < -0.39 is 0 Å². The number of aromatic nitrogens is 5. The Labute approximate surface area is 171 Å². The van der Waals surface area contributed by atoms with E-state index in [4.69, 9.17) is 19.7 Å². The Morgan fingerprint density at radius 1 is 1.10 bits per heavy atom. The maximum atomic E-state index is 6.30. The van der Waals surface area contributed by atoms with Gasteiger partial charge in [0.05, 0.1) is 30.1 Å². The van der Waals surface area contributed by atoms with Crippen LogP contribution in [0.4, 0.5) is 0 Å². The van der Waals surface area contributed by atoms with Crippen molar-refractivity contribution in [3.05, 3.63) is 47.3 Å². The molecule has 0 aromatic carbocycles. The zero-order valence-electron chi connectivity index (χ0n) is 17.7. The second-order valence-electron chi connectivity index (χ2n) is 9.03. The van der Waals surface area contributed by atoms with E-state index in [0.717, 1.165) is 41.1 Å². The van der Waals surface area contributed by atoms with E-state index in [2.05, 4.69) is 42.8 Å². The number of nitrogens with zero attached hydrogens (tertiary/aromatic N) is 5. The number of rotatable bonds is 4. The first kappa shape index (κ1) is 18.7. The molecule has 1 saturated heterocycles. The third-order valence-corrected chi connectivity index (χ3v) is 6.08. The largest absolute Gasteiger partial charge is 0.370 e. The van der Waals surface area contributed by atoms with Gasteiger partial charge in [-0.2, -0.15) is 5.10 Å². The van der Waals surface area contributed by atoms with Crippen molar-refractivity contribution in [2.75, 3.05) is 0 Å². The van der Waals surface area contributed by atoms with Crippen molar-refractivity contribution in [1.82, 2.24) is 24.7 Å². The third-order valence-electron chi connectivity index (χ3n) is 6.08. The van der Waals surface area contributed by atoms with Crippen LogP contribution in [0, 0.1) is 6.92 Å². The molecule has 1 saturated carbocycles. The summed E-state index contributed by atoms with van der Waals surface area (Å²) >= 11 is 0. The number of aryl methyl sites for hydroxylation is 1. The standard InChI is InChI=1S/C23H29N5O/c1-13(2)21-19-8-5-14(3)25-23(19)27-22(26-21)16-9-15(4)29-20(10-16)17-11-24-28(12-17)18-6-7-18/h5,8,11-13,15-16,18,20H,6-7,9-10H2,1-4H3/t15-,16+,20-/m1/s1. The number of ether oxygens (including phenoxy) is 1. The molecule has 6 heteroatoms. The molecule has 6 nitrogen and oxygen atoms in total. The Bertz CT molecular complexity index is 1040. The van der Waals surface area contributed by atoms with E-state index in [1.165, 1.54) is 18.4 Å². The first-order valence-corrected chi connectivity index (χ1v) is 10.8. The SMILES string of the molecule is Cc1ccc2c(C(C)C)nc([C@H]3C[C@@H](C)O[C@@H](c4cnn(C5CC5)c4)C3)nc2n1. The van der Waals surface area contributed by atoms with Crippen LogP contribution in [0.2, 0.25) is 0 Å². The van der Waals surface area contributed by atoms with Gasteiger partial charge >= 0.3 is 0 Å². The molecule has 0 radical (unpaired) electrons. The van der Waals surface area contributed by atoms with Gasteiger partial charge in [0.25, 0.3) is 0 Å².